The van der Waals surface area contributed by atoms with E-state index in [-0.39, 0.29) is 6.61 Å². The van der Waals surface area contributed by atoms with Crippen LogP contribution in [-0.4, -0.2) is 30.9 Å². The zero-order chi connectivity index (χ0) is 14.5. The lowest BCUT2D eigenvalue weighted by Gasteiger charge is -2.39. The van der Waals surface area contributed by atoms with Crippen LogP contribution in [0, 0.1) is 5.92 Å². The molecule has 2 N–H and O–H groups in total. The standard InChI is InChI=1S/C17H27NO2/c1-12(2)17(8-9-19)18-15-10-14(11-15)13-4-6-16(20-3)7-5-13/h4-7,12,14-15,17-19H,8-11H2,1-3H3. The van der Waals surface area contributed by atoms with Crippen molar-refractivity contribution in [2.45, 2.75) is 51.1 Å². The van der Waals surface area contributed by atoms with E-state index in [1.807, 2.05) is 12.1 Å². The predicted molar refractivity (Wildman–Crippen MR) is 82.2 cm³/mol. The van der Waals surface area contributed by atoms with Crippen molar-refractivity contribution >= 4 is 0 Å². The molecule has 3 nitrogen and oxygen atoms in total. The van der Waals surface area contributed by atoms with Crippen molar-refractivity contribution in [2.75, 3.05) is 13.7 Å². The molecule has 1 fully saturated rings. The zero-order valence-electron chi connectivity index (χ0n) is 12.8. The van der Waals surface area contributed by atoms with Crippen LogP contribution in [0.3, 0.4) is 0 Å². The molecule has 1 aromatic carbocycles. The first-order valence-corrected chi connectivity index (χ1v) is 7.65. The van der Waals surface area contributed by atoms with E-state index in [0.29, 0.717) is 23.9 Å². The Kier molecular flexibility index (Phi) is 5.44. The molecule has 0 amide bonds. The second-order valence-electron chi connectivity index (χ2n) is 6.17. The Balaban J connectivity index is 1.81. The zero-order valence-corrected chi connectivity index (χ0v) is 12.8. The summed E-state index contributed by atoms with van der Waals surface area (Å²) < 4.78 is 5.19. The van der Waals surface area contributed by atoms with Gasteiger partial charge in [0.25, 0.3) is 0 Å². The van der Waals surface area contributed by atoms with E-state index in [4.69, 9.17) is 9.84 Å². The fourth-order valence-electron chi connectivity index (χ4n) is 2.95. The molecule has 0 spiro atoms. The Hall–Kier alpha value is -1.06. The highest BCUT2D eigenvalue weighted by Crippen LogP contribution is 2.37. The third kappa shape index (κ3) is 3.74. The van der Waals surface area contributed by atoms with Crippen LogP contribution in [0.4, 0.5) is 0 Å². The molecule has 1 aliphatic rings. The van der Waals surface area contributed by atoms with Crippen LogP contribution < -0.4 is 10.1 Å². The Morgan fingerprint density at radius 2 is 1.90 bits per heavy atom. The fourth-order valence-corrected chi connectivity index (χ4v) is 2.95. The summed E-state index contributed by atoms with van der Waals surface area (Å²) in [6.07, 6.45) is 3.24. The first-order valence-electron chi connectivity index (χ1n) is 7.65. The summed E-state index contributed by atoms with van der Waals surface area (Å²) in [5, 5.41) is 12.8. The average molecular weight is 277 g/mol. The third-order valence-electron chi connectivity index (χ3n) is 4.42. The van der Waals surface area contributed by atoms with Gasteiger partial charge in [-0.1, -0.05) is 26.0 Å². The van der Waals surface area contributed by atoms with E-state index in [1.54, 1.807) is 7.11 Å². The van der Waals surface area contributed by atoms with Crippen molar-refractivity contribution < 1.29 is 9.84 Å². The van der Waals surface area contributed by atoms with Crippen molar-refractivity contribution in [3.05, 3.63) is 29.8 Å². The van der Waals surface area contributed by atoms with Crippen molar-refractivity contribution in [3.63, 3.8) is 0 Å². The molecule has 0 aliphatic heterocycles. The van der Waals surface area contributed by atoms with Gasteiger partial charge in [-0.3, -0.25) is 0 Å². The molecule has 1 atom stereocenters. The first-order chi connectivity index (χ1) is 9.63. The van der Waals surface area contributed by atoms with Crippen molar-refractivity contribution in [3.8, 4) is 5.75 Å². The number of hydrogen-bond donors (Lipinski definition) is 2. The minimum Gasteiger partial charge on any atom is -0.497 e. The first kappa shape index (κ1) is 15.3. The second kappa shape index (κ2) is 7.09. The number of rotatable bonds is 7. The lowest BCUT2D eigenvalue weighted by molar-refractivity contribution is 0.199. The van der Waals surface area contributed by atoms with Gasteiger partial charge >= 0.3 is 0 Å². The average Bonchev–Trinajstić information content (AvgIpc) is 2.41. The number of ether oxygens (including phenoxy) is 1. The van der Waals surface area contributed by atoms with Gasteiger partial charge in [0.1, 0.15) is 5.75 Å². The van der Waals surface area contributed by atoms with Gasteiger partial charge in [-0.25, -0.2) is 0 Å². The van der Waals surface area contributed by atoms with Crippen LogP contribution in [0.25, 0.3) is 0 Å². The van der Waals surface area contributed by atoms with Gasteiger partial charge < -0.3 is 15.2 Å². The summed E-state index contributed by atoms with van der Waals surface area (Å²) in [5.74, 6) is 2.16. The molecule has 3 heteroatoms. The van der Waals surface area contributed by atoms with Crippen LogP contribution in [0.1, 0.15) is 44.6 Å². The molecular weight excluding hydrogens is 250 g/mol. The molecule has 0 bridgehead atoms. The molecule has 0 aromatic heterocycles. The third-order valence-corrected chi connectivity index (χ3v) is 4.42. The highest BCUT2D eigenvalue weighted by atomic mass is 16.5. The summed E-state index contributed by atoms with van der Waals surface area (Å²) in [7, 11) is 1.70. The van der Waals surface area contributed by atoms with Gasteiger partial charge in [0.15, 0.2) is 0 Å². The van der Waals surface area contributed by atoms with E-state index >= 15 is 0 Å². The highest BCUT2D eigenvalue weighted by molar-refractivity contribution is 5.30. The predicted octanol–water partition coefficient (Wildman–Crippen LogP) is 2.94. The molecule has 1 saturated carbocycles. The van der Waals surface area contributed by atoms with Crippen LogP contribution >= 0.6 is 0 Å². The van der Waals surface area contributed by atoms with Crippen molar-refractivity contribution in [1.29, 1.82) is 0 Å². The quantitative estimate of drug-likeness (QED) is 0.805. The largest absolute Gasteiger partial charge is 0.497 e. The maximum absolute atomic E-state index is 9.12. The lowest BCUT2D eigenvalue weighted by Crippen LogP contribution is -2.47. The minimum atomic E-state index is 0.268. The molecule has 1 aromatic rings. The number of aliphatic hydroxyl groups is 1. The maximum atomic E-state index is 9.12. The van der Waals surface area contributed by atoms with Gasteiger partial charge in [0.2, 0.25) is 0 Å². The fraction of sp³-hybridized carbons (Fsp3) is 0.647. The molecule has 1 unspecified atom stereocenters. The molecule has 2 rings (SSSR count). The lowest BCUT2D eigenvalue weighted by atomic mass is 9.75. The van der Waals surface area contributed by atoms with E-state index in [1.165, 1.54) is 18.4 Å². The highest BCUT2D eigenvalue weighted by Gasteiger charge is 2.32. The summed E-state index contributed by atoms with van der Waals surface area (Å²) in [6, 6.07) is 9.46. The van der Waals surface area contributed by atoms with Crippen molar-refractivity contribution in [1.82, 2.24) is 5.32 Å². The smallest absolute Gasteiger partial charge is 0.118 e. The normalized spacial score (nSPS) is 23.4. The molecule has 0 heterocycles. The number of aliphatic hydroxyl groups excluding tert-OH is 1. The summed E-state index contributed by atoms with van der Waals surface area (Å²) in [5.41, 5.74) is 1.41. The van der Waals surface area contributed by atoms with Crippen molar-refractivity contribution in [2.24, 2.45) is 5.92 Å². The molecule has 1 aliphatic carbocycles. The topological polar surface area (TPSA) is 41.5 Å². The van der Waals surface area contributed by atoms with Gasteiger partial charge in [-0.15, -0.1) is 0 Å². The molecular formula is C17H27NO2. The molecule has 0 saturated heterocycles. The number of benzene rings is 1. The monoisotopic (exact) mass is 277 g/mol. The number of methoxy groups -OCH3 is 1. The minimum absolute atomic E-state index is 0.268. The number of hydrogen-bond acceptors (Lipinski definition) is 3. The summed E-state index contributed by atoms with van der Waals surface area (Å²) in [4.78, 5) is 0. The molecule has 0 radical (unpaired) electrons. The van der Waals surface area contributed by atoms with Gasteiger partial charge in [0, 0.05) is 18.7 Å². The summed E-state index contributed by atoms with van der Waals surface area (Å²) in [6.45, 7) is 4.70. The van der Waals surface area contributed by atoms with Crippen LogP contribution in [0.15, 0.2) is 24.3 Å². The summed E-state index contributed by atoms with van der Waals surface area (Å²) >= 11 is 0. The molecule has 20 heavy (non-hydrogen) atoms. The number of nitrogens with one attached hydrogen (secondary N) is 1. The Bertz CT molecular complexity index is 396. The SMILES string of the molecule is COc1ccc(C2CC(NC(CCO)C(C)C)C2)cc1. The Labute approximate surface area is 122 Å². The van der Waals surface area contributed by atoms with Crippen LogP contribution in [0.5, 0.6) is 5.75 Å². The van der Waals surface area contributed by atoms with E-state index in [2.05, 4.69) is 31.3 Å². The maximum Gasteiger partial charge on any atom is 0.118 e. The van der Waals surface area contributed by atoms with E-state index in [9.17, 15) is 0 Å². The van der Waals surface area contributed by atoms with Crippen LogP contribution in [0.2, 0.25) is 0 Å². The molecule has 112 valence electrons. The van der Waals surface area contributed by atoms with Gasteiger partial charge in [-0.2, -0.15) is 0 Å². The van der Waals surface area contributed by atoms with Crippen LogP contribution in [-0.2, 0) is 0 Å². The van der Waals surface area contributed by atoms with E-state index < -0.39 is 0 Å². The Morgan fingerprint density at radius 3 is 2.40 bits per heavy atom. The van der Waals surface area contributed by atoms with Gasteiger partial charge in [0.05, 0.1) is 7.11 Å². The van der Waals surface area contributed by atoms with Gasteiger partial charge in [-0.05, 0) is 48.8 Å². The van der Waals surface area contributed by atoms with E-state index in [0.717, 1.165) is 12.2 Å². The second-order valence-corrected chi connectivity index (χ2v) is 6.17. The Morgan fingerprint density at radius 1 is 1.25 bits per heavy atom.